The zero-order valence-electron chi connectivity index (χ0n) is 12.1. The molecular weight excluding hydrogens is 250 g/mol. The summed E-state index contributed by atoms with van der Waals surface area (Å²) in [6.45, 7) is 7.51. The maximum Gasteiger partial charge on any atom is 0.260 e. The van der Waals surface area contributed by atoms with Crippen LogP contribution in [0, 0.1) is 5.92 Å². The molecule has 0 spiro atoms. The summed E-state index contributed by atoms with van der Waals surface area (Å²) in [5, 5.41) is 0.716. The predicted octanol–water partition coefficient (Wildman–Crippen LogP) is 2.13. The van der Waals surface area contributed by atoms with Crippen molar-refractivity contribution in [1.82, 2.24) is 14.5 Å². The third-order valence-electron chi connectivity index (χ3n) is 4.24. The lowest BCUT2D eigenvalue weighted by molar-refractivity contribution is 0.260. The van der Waals surface area contributed by atoms with Crippen LogP contribution in [-0.2, 0) is 6.54 Å². The Morgan fingerprint density at radius 2 is 2.25 bits per heavy atom. The molecule has 106 valence electrons. The van der Waals surface area contributed by atoms with Crippen LogP contribution in [0.1, 0.15) is 20.3 Å². The Hall–Kier alpha value is -1.68. The van der Waals surface area contributed by atoms with E-state index in [9.17, 15) is 4.79 Å². The zero-order chi connectivity index (χ0) is 14.1. The van der Waals surface area contributed by atoms with Crippen molar-refractivity contribution in [2.75, 3.05) is 13.1 Å². The molecule has 1 aliphatic heterocycles. The summed E-state index contributed by atoms with van der Waals surface area (Å²) in [5.41, 5.74) is 0.863. The first-order valence-electron chi connectivity index (χ1n) is 7.33. The van der Waals surface area contributed by atoms with Crippen molar-refractivity contribution in [1.29, 1.82) is 0 Å². The molecule has 20 heavy (non-hydrogen) atoms. The van der Waals surface area contributed by atoms with Gasteiger partial charge in [-0.25, -0.2) is 0 Å². The molecule has 0 N–H and O–H groups in total. The molecule has 0 bridgehead atoms. The van der Waals surface area contributed by atoms with Gasteiger partial charge in [0.25, 0.3) is 5.56 Å². The van der Waals surface area contributed by atoms with Gasteiger partial charge in [0.15, 0.2) is 0 Å². The van der Waals surface area contributed by atoms with Gasteiger partial charge in [-0.3, -0.25) is 9.78 Å². The van der Waals surface area contributed by atoms with Gasteiger partial charge in [0.1, 0.15) is 0 Å². The highest BCUT2D eigenvalue weighted by atomic mass is 16.1. The molecule has 0 saturated carbocycles. The Balaban J connectivity index is 1.82. The van der Waals surface area contributed by atoms with Gasteiger partial charge in [-0.05, 0) is 50.9 Å². The van der Waals surface area contributed by atoms with E-state index in [0.717, 1.165) is 25.2 Å². The van der Waals surface area contributed by atoms with Gasteiger partial charge in [-0.2, -0.15) is 0 Å². The van der Waals surface area contributed by atoms with Gasteiger partial charge in [0.05, 0.1) is 10.9 Å². The van der Waals surface area contributed by atoms with Crippen molar-refractivity contribution in [3.63, 3.8) is 0 Å². The molecule has 4 nitrogen and oxygen atoms in total. The van der Waals surface area contributed by atoms with E-state index in [1.807, 2.05) is 29.0 Å². The number of likely N-dealkylation sites (tertiary alicyclic amines) is 1. The second-order valence-electron chi connectivity index (χ2n) is 5.95. The first kappa shape index (κ1) is 13.3. The van der Waals surface area contributed by atoms with Gasteiger partial charge in [0, 0.05) is 31.5 Å². The molecule has 0 radical (unpaired) electrons. The standard InChI is InChI=1S/C16H21N3O/c1-12(2)18-8-5-13(10-18)11-19-9-6-15-14(16(19)20)4-3-7-17-15/h3-4,6-7,9,12-13H,5,8,10-11H2,1-2H3. The lowest BCUT2D eigenvalue weighted by atomic mass is 10.1. The molecule has 1 saturated heterocycles. The van der Waals surface area contributed by atoms with Crippen LogP contribution in [0.3, 0.4) is 0 Å². The van der Waals surface area contributed by atoms with Gasteiger partial charge in [0.2, 0.25) is 0 Å². The summed E-state index contributed by atoms with van der Waals surface area (Å²) < 4.78 is 1.85. The molecule has 4 heteroatoms. The molecule has 0 aromatic carbocycles. The maximum atomic E-state index is 12.4. The third-order valence-corrected chi connectivity index (χ3v) is 4.24. The number of fused-ring (bicyclic) bond motifs is 1. The van der Waals surface area contributed by atoms with Crippen molar-refractivity contribution in [2.45, 2.75) is 32.9 Å². The van der Waals surface area contributed by atoms with Crippen LogP contribution >= 0.6 is 0 Å². The van der Waals surface area contributed by atoms with Crippen LogP contribution in [0.2, 0.25) is 0 Å². The average Bonchev–Trinajstić information content (AvgIpc) is 2.91. The third kappa shape index (κ3) is 2.48. The summed E-state index contributed by atoms with van der Waals surface area (Å²) in [4.78, 5) is 19.2. The Morgan fingerprint density at radius 3 is 3.00 bits per heavy atom. The maximum absolute atomic E-state index is 12.4. The summed E-state index contributed by atoms with van der Waals surface area (Å²) in [7, 11) is 0. The molecule has 2 aromatic rings. The van der Waals surface area contributed by atoms with E-state index in [-0.39, 0.29) is 5.56 Å². The molecule has 1 aliphatic rings. The van der Waals surface area contributed by atoms with Crippen molar-refractivity contribution < 1.29 is 0 Å². The second kappa shape index (κ2) is 5.37. The highest BCUT2D eigenvalue weighted by Gasteiger charge is 2.24. The number of pyridine rings is 2. The van der Waals surface area contributed by atoms with E-state index in [4.69, 9.17) is 0 Å². The Bertz CT molecular complexity index is 662. The van der Waals surface area contributed by atoms with Gasteiger partial charge in [-0.15, -0.1) is 0 Å². The monoisotopic (exact) mass is 271 g/mol. The van der Waals surface area contributed by atoms with Crippen LogP contribution in [0.25, 0.3) is 10.9 Å². The number of aromatic nitrogens is 2. The van der Waals surface area contributed by atoms with Crippen LogP contribution in [0.15, 0.2) is 35.4 Å². The molecule has 0 amide bonds. The number of rotatable bonds is 3. The molecule has 1 fully saturated rings. The molecule has 3 rings (SSSR count). The van der Waals surface area contributed by atoms with E-state index in [1.165, 1.54) is 6.42 Å². The second-order valence-corrected chi connectivity index (χ2v) is 5.95. The topological polar surface area (TPSA) is 38.1 Å². The van der Waals surface area contributed by atoms with Crippen molar-refractivity contribution >= 4 is 10.9 Å². The van der Waals surface area contributed by atoms with Crippen LogP contribution < -0.4 is 5.56 Å². The van der Waals surface area contributed by atoms with Crippen molar-refractivity contribution in [3.8, 4) is 0 Å². The lowest BCUT2D eigenvalue weighted by Crippen LogP contribution is -2.30. The zero-order valence-corrected chi connectivity index (χ0v) is 12.1. The summed E-state index contributed by atoms with van der Waals surface area (Å²) in [6.07, 6.45) is 4.79. The van der Waals surface area contributed by atoms with Crippen molar-refractivity contribution in [3.05, 3.63) is 40.9 Å². The Morgan fingerprint density at radius 1 is 1.40 bits per heavy atom. The largest absolute Gasteiger partial charge is 0.315 e. The van der Waals surface area contributed by atoms with E-state index < -0.39 is 0 Å². The molecule has 1 unspecified atom stereocenters. The fraction of sp³-hybridized carbons (Fsp3) is 0.500. The van der Waals surface area contributed by atoms with Gasteiger partial charge < -0.3 is 9.47 Å². The highest BCUT2D eigenvalue weighted by Crippen LogP contribution is 2.20. The minimum absolute atomic E-state index is 0.0820. The summed E-state index contributed by atoms with van der Waals surface area (Å²) in [5.74, 6) is 0.573. The molecule has 0 aliphatic carbocycles. The van der Waals surface area contributed by atoms with Gasteiger partial charge >= 0.3 is 0 Å². The first-order valence-corrected chi connectivity index (χ1v) is 7.33. The summed E-state index contributed by atoms with van der Waals surface area (Å²) in [6, 6.07) is 6.21. The smallest absolute Gasteiger partial charge is 0.260 e. The average molecular weight is 271 g/mol. The fourth-order valence-electron chi connectivity index (χ4n) is 3.02. The quantitative estimate of drug-likeness (QED) is 0.858. The first-order chi connectivity index (χ1) is 9.65. The summed E-state index contributed by atoms with van der Waals surface area (Å²) >= 11 is 0. The van der Waals surface area contributed by atoms with E-state index in [2.05, 4.69) is 23.7 Å². The Kier molecular flexibility index (Phi) is 3.57. The van der Waals surface area contributed by atoms with E-state index in [0.29, 0.717) is 17.3 Å². The molecule has 1 atom stereocenters. The lowest BCUT2D eigenvalue weighted by Gasteiger charge is -2.20. The van der Waals surface area contributed by atoms with Crippen LogP contribution in [-0.4, -0.2) is 33.6 Å². The fourth-order valence-corrected chi connectivity index (χ4v) is 3.02. The number of hydrogen-bond acceptors (Lipinski definition) is 3. The van der Waals surface area contributed by atoms with Crippen LogP contribution in [0.4, 0.5) is 0 Å². The van der Waals surface area contributed by atoms with E-state index in [1.54, 1.807) is 6.20 Å². The SMILES string of the molecule is CC(C)N1CCC(Cn2ccc3ncccc3c2=O)C1. The minimum Gasteiger partial charge on any atom is -0.315 e. The van der Waals surface area contributed by atoms with E-state index >= 15 is 0 Å². The molecule has 3 heterocycles. The molecule has 2 aromatic heterocycles. The Labute approximate surface area is 119 Å². The number of nitrogens with zero attached hydrogens (tertiary/aromatic N) is 3. The minimum atomic E-state index is 0.0820. The van der Waals surface area contributed by atoms with Crippen LogP contribution in [0.5, 0.6) is 0 Å². The molecular formula is C16H21N3O. The highest BCUT2D eigenvalue weighted by molar-refractivity contribution is 5.76. The normalized spacial score (nSPS) is 20.1. The predicted molar refractivity (Wildman–Crippen MR) is 80.8 cm³/mol. The van der Waals surface area contributed by atoms with Gasteiger partial charge in [-0.1, -0.05) is 0 Å². The van der Waals surface area contributed by atoms with Crippen molar-refractivity contribution in [2.24, 2.45) is 5.92 Å². The number of hydrogen-bond donors (Lipinski definition) is 0.